The van der Waals surface area contributed by atoms with Crippen LogP contribution in [0.25, 0.3) is 22.6 Å². The number of aromatic nitrogens is 1. The summed E-state index contributed by atoms with van der Waals surface area (Å²) in [4.78, 5) is 16.8. The number of fused-ring (bicyclic) bond motifs is 1. The van der Waals surface area contributed by atoms with Crippen molar-refractivity contribution in [2.75, 3.05) is 11.9 Å². The lowest BCUT2D eigenvalue weighted by Crippen LogP contribution is -2.20. The molecule has 0 fully saturated rings. The third-order valence-corrected chi connectivity index (χ3v) is 4.96. The molecule has 1 heterocycles. The molecule has 0 saturated carbocycles. The number of oxazole rings is 1. The maximum Gasteiger partial charge on any atom is 0.262 e. The second-order valence-corrected chi connectivity index (χ2v) is 7.83. The summed E-state index contributed by atoms with van der Waals surface area (Å²) in [5, 5.41) is 3.83. The largest absolute Gasteiger partial charge is 0.484 e. The van der Waals surface area contributed by atoms with Gasteiger partial charge in [-0.3, -0.25) is 4.79 Å². The quantitative estimate of drug-likeness (QED) is 0.387. The van der Waals surface area contributed by atoms with Gasteiger partial charge in [0, 0.05) is 10.7 Å². The second-order valence-electron chi connectivity index (χ2n) is 6.99. The molecule has 5 nitrogen and oxygen atoms in total. The van der Waals surface area contributed by atoms with Crippen molar-refractivity contribution < 1.29 is 13.9 Å². The predicted molar refractivity (Wildman–Crippen MR) is 120 cm³/mol. The smallest absolute Gasteiger partial charge is 0.262 e. The molecule has 0 bridgehead atoms. The van der Waals surface area contributed by atoms with Crippen LogP contribution < -0.4 is 10.1 Å². The van der Waals surface area contributed by atoms with Crippen molar-refractivity contribution in [1.29, 1.82) is 0 Å². The molecule has 3 aromatic carbocycles. The Kier molecular flexibility index (Phi) is 5.66. The minimum atomic E-state index is -0.268. The minimum Gasteiger partial charge on any atom is -0.484 e. The Morgan fingerprint density at radius 3 is 2.57 bits per heavy atom. The fraction of sp³-hybridized carbons (Fsp3) is 0.130. The van der Waals surface area contributed by atoms with Crippen LogP contribution in [0.5, 0.6) is 5.75 Å². The number of aryl methyl sites for hydroxylation is 2. The van der Waals surface area contributed by atoms with Crippen LogP contribution in [-0.2, 0) is 4.79 Å². The number of nitrogens with zero attached hydrogens (tertiary/aromatic N) is 1. The maximum absolute atomic E-state index is 12.3. The van der Waals surface area contributed by atoms with Crippen molar-refractivity contribution in [2.24, 2.45) is 0 Å². The molecule has 4 rings (SSSR count). The summed E-state index contributed by atoms with van der Waals surface area (Å²) in [6.07, 6.45) is 0. The Morgan fingerprint density at radius 1 is 1.03 bits per heavy atom. The van der Waals surface area contributed by atoms with Gasteiger partial charge in [0.05, 0.1) is 10.6 Å². The van der Waals surface area contributed by atoms with Gasteiger partial charge in [0.1, 0.15) is 11.3 Å². The summed E-state index contributed by atoms with van der Waals surface area (Å²) >= 11 is 12.3. The number of hydrogen-bond acceptors (Lipinski definition) is 4. The monoisotopic (exact) mass is 440 g/mol. The van der Waals surface area contributed by atoms with E-state index in [1.165, 1.54) is 0 Å². The molecule has 4 aromatic rings. The number of benzene rings is 3. The highest BCUT2D eigenvalue weighted by molar-refractivity contribution is 6.35. The van der Waals surface area contributed by atoms with E-state index in [1.807, 2.05) is 32.0 Å². The van der Waals surface area contributed by atoms with Crippen molar-refractivity contribution >= 4 is 45.9 Å². The average molecular weight is 441 g/mol. The summed E-state index contributed by atoms with van der Waals surface area (Å²) < 4.78 is 11.4. The highest BCUT2D eigenvalue weighted by Crippen LogP contribution is 2.32. The highest BCUT2D eigenvalue weighted by atomic mass is 35.5. The number of rotatable bonds is 5. The lowest BCUT2D eigenvalue weighted by Gasteiger charge is -2.09. The van der Waals surface area contributed by atoms with Crippen LogP contribution >= 0.6 is 23.2 Å². The van der Waals surface area contributed by atoms with Crippen LogP contribution in [0.1, 0.15) is 11.1 Å². The third-order valence-electron chi connectivity index (χ3n) is 4.40. The van der Waals surface area contributed by atoms with E-state index in [9.17, 15) is 4.79 Å². The van der Waals surface area contributed by atoms with E-state index in [4.69, 9.17) is 32.4 Å². The molecule has 0 atom stereocenters. The van der Waals surface area contributed by atoms with Crippen molar-refractivity contribution in [3.8, 4) is 17.2 Å². The molecular weight excluding hydrogens is 423 g/mol. The van der Waals surface area contributed by atoms with Gasteiger partial charge >= 0.3 is 0 Å². The first kappa shape index (κ1) is 20.3. The van der Waals surface area contributed by atoms with E-state index in [-0.39, 0.29) is 12.5 Å². The molecule has 1 aromatic heterocycles. The van der Waals surface area contributed by atoms with E-state index < -0.39 is 0 Å². The van der Waals surface area contributed by atoms with Crippen molar-refractivity contribution in [2.45, 2.75) is 13.8 Å². The number of ether oxygens (including phenoxy) is 1. The van der Waals surface area contributed by atoms with Gasteiger partial charge < -0.3 is 14.5 Å². The molecule has 0 aliphatic carbocycles. The first-order chi connectivity index (χ1) is 14.4. The number of hydrogen-bond donors (Lipinski definition) is 1. The number of carbonyl (C=O) groups excluding carboxylic acids is 1. The average Bonchev–Trinajstić information content (AvgIpc) is 3.10. The maximum atomic E-state index is 12.3. The fourth-order valence-electron chi connectivity index (χ4n) is 3.14. The van der Waals surface area contributed by atoms with Crippen LogP contribution in [0.3, 0.4) is 0 Å². The van der Waals surface area contributed by atoms with Gasteiger partial charge in [-0.15, -0.1) is 0 Å². The number of carbonyl (C=O) groups is 1. The number of nitrogens with one attached hydrogen (secondary N) is 1. The molecule has 152 valence electrons. The lowest BCUT2D eigenvalue weighted by atomic mass is 10.1. The molecule has 0 aliphatic heterocycles. The normalized spacial score (nSPS) is 10.9. The van der Waals surface area contributed by atoms with E-state index in [2.05, 4.69) is 10.3 Å². The Hall–Kier alpha value is -3.02. The van der Waals surface area contributed by atoms with Gasteiger partial charge in [-0.1, -0.05) is 29.3 Å². The number of halogens is 2. The van der Waals surface area contributed by atoms with E-state index in [1.54, 1.807) is 36.4 Å². The summed E-state index contributed by atoms with van der Waals surface area (Å²) in [7, 11) is 0. The lowest BCUT2D eigenvalue weighted by molar-refractivity contribution is -0.118. The van der Waals surface area contributed by atoms with Crippen LogP contribution in [-0.4, -0.2) is 17.5 Å². The fourth-order valence-corrected chi connectivity index (χ4v) is 3.51. The van der Waals surface area contributed by atoms with Crippen LogP contribution in [0.2, 0.25) is 10.0 Å². The molecular formula is C23H18Cl2N2O3. The Balaban J connectivity index is 1.48. The molecule has 30 heavy (non-hydrogen) atoms. The van der Waals surface area contributed by atoms with Crippen molar-refractivity contribution in [3.63, 3.8) is 0 Å². The van der Waals surface area contributed by atoms with E-state index >= 15 is 0 Å². The Bertz CT molecular complexity index is 1230. The summed E-state index contributed by atoms with van der Waals surface area (Å²) in [5.41, 5.74) is 4.52. The van der Waals surface area contributed by atoms with Gasteiger partial charge in [0.15, 0.2) is 12.2 Å². The molecule has 7 heteroatoms. The summed E-state index contributed by atoms with van der Waals surface area (Å²) in [6.45, 7) is 3.87. The van der Waals surface area contributed by atoms with Crippen LogP contribution in [0.15, 0.2) is 59.0 Å². The minimum absolute atomic E-state index is 0.0941. The van der Waals surface area contributed by atoms with Crippen molar-refractivity contribution in [3.05, 3.63) is 75.8 Å². The zero-order valence-electron chi connectivity index (χ0n) is 16.3. The van der Waals surface area contributed by atoms with Gasteiger partial charge in [-0.2, -0.15) is 0 Å². The number of amides is 1. The molecule has 0 saturated heterocycles. The second kappa shape index (κ2) is 8.38. The highest BCUT2D eigenvalue weighted by Gasteiger charge is 2.13. The van der Waals surface area contributed by atoms with E-state index in [0.717, 1.165) is 11.1 Å². The molecule has 0 spiro atoms. The van der Waals surface area contributed by atoms with Gasteiger partial charge in [-0.25, -0.2) is 4.98 Å². The molecule has 0 unspecified atom stereocenters. The molecule has 0 aliphatic rings. The summed E-state index contributed by atoms with van der Waals surface area (Å²) in [6, 6.07) is 16.1. The molecule has 1 amide bonds. The van der Waals surface area contributed by atoms with Gasteiger partial charge in [-0.05, 0) is 73.5 Å². The number of anilines is 1. The Morgan fingerprint density at radius 2 is 1.80 bits per heavy atom. The zero-order valence-corrected chi connectivity index (χ0v) is 17.8. The topological polar surface area (TPSA) is 64.4 Å². The van der Waals surface area contributed by atoms with Gasteiger partial charge in [0.25, 0.3) is 5.91 Å². The third kappa shape index (κ3) is 4.58. The first-order valence-corrected chi connectivity index (χ1v) is 10.00. The summed E-state index contributed by atoms with van der Waals surface area (Å²) in [5.74, 6) is 0.756. The van der Waals surface area contributed by atoms with Gasteiger partial charge in [0.2, 0.25) is 5.89 Å². The van der Waals surface area contributed by atoms with Crippen LogP contribution in [0.4, 0.5) is 5.69 Å². The zero-order chi connectivity index (χ0) is 21.3. The first-order valence-electron chi connectivity index (χ1n) is 9.24. The standard InChI is InChI=1S/C23H18Cl2N2O3/c1-13-7-14(2)9-17(8-13)29-12-22(28)26-16-4-6-21-20(11-16)27-23(30-21)18-10-15(24)3-5-19(18)25/h3-11H,12H2,1-2H3,(H,26,28). The van der Waals surface area contributed by atoms with Crippen LogP contribution in [0, 0.1) is 13.8 Å². The molecule has 1 N–H and O–H groups in total. The Labute approximate surface area is 183 Å². The predicted octanol–water partition coefficient (Wildman–Crippen LogP) is 6.44. The van der Waals surface area contributed by atoms with Crippen molar-refractivity contribution in [1.82, 2.24) is 4.98 Å². The SMILES string of the molecule is Cc1cc(C)cc(OCC(=O)Nc2ccc3oc(-c4cc(Cl)ccc4Cl)nc3c2)c1. The molecule has 0 radical (unpaired) electrons. The van der Waals surface area contributed by atoms with E-state index in [0.29, 0.717) is 44.0 Å².